The Hall–Kier alpha value is -2.31. The van der Waals surface area contributed by atoms with Crippen LogP contribution >= 0.6 is 0 Å². The molecule has 0 bridgehead atoms. The molecule has 7 nitrogen and oxygen atoms in total. The molecule has 2 heterocycles. The monoisotopic (exact) mass is 344 g/mol. The predicted molar refractivity (Wildman–Crippen MR) is 97.3 cm³/mol. The normalized spacial score (nSPS) is 16.2. The average molecular weight is 344 g/mol. The molecule has 2 aromatic rings. The molecule has 0 spiro atoms. The summed E-state index contributed by atoms with van der Waals surface area (Å²) >= 11 is 0. The number of aryl methyl sites for hydroxylation is 1. The number of hydrogen-bond donors (Lipinski definition) is 2. The molecule has 1 fully saturated rings. The van der Waals surface area contributed by atoms with Crippen molar-refractivity contribution in [3.8, 4) is 0 Å². The van der Waals surface area contributed by atoms with E-state index in [9.17, 15) is 0 Å². The standard InChI is InChI=1S/C18H28N6O/c1-14-22-23-17(24(14)2)13-20-18(21-15-7-4-3-5-8-15)19-11-10-16-9-6-12-25-16/h6,9,12,15H,3-5,7-8,10-11,13H2,1-2H3,(H2,19,20,21). The van der Waals surface area contributed by atoms with Crippen LogP contribution in [0.25, 0.3) is 0 Å². The Morgan fingerprint density at radius 1 is 1.32 bits per heavy atom. The van der Waals surface area contributed by atoms with Gasteiger partial charge in [-0.25, -0.2) is 4.99 Å². The van der Waals surface area contributed by atoms with Crippen LogP contribution in [0.5, 0.6) is 0 Å². The van der Waals surface area contributed by atoms with Crippen molar-refractivity contribution in [2.75, 3.05) is 6.54 Å². The lowest BCUT2D eigenvalue weighted by Gasteiger charge is -2.25. The fraction of sp³-hybridized carbons (Fsp3) is 0.611. The van der Waals surface area contributed by atoms with Crippen LogP contribution in [0, 0.1) is 6.92 Å². The summed E-state index contributed by atoms with van der Waals surface area (Å²) in [5.74, 6) is 3.60. The molecule has 0 amide bonds. The fourth-order valence-corrected chi connectivity index (χ4v) is 3.09. The van der Waals surface area contributed by atoms with Gasteiger partial charge in [0.1, 0.15) is 18.1 Å². The fourth-order valence-electron chi connectivity index (χ4n) is 3.09. The van der Waals surface area contributed by atoms with Crippen molar-refractivity contribution in [3.05, 3.63) is 35.8 Å². The van der Waals surface area contributed by atoms with Crippen LogP contribution in [0.15, 0.2) is 27.8 Å². The van der Waals surface area contributed by atoms with Crippen LogP contribution in [-0.4, -0.2) is 33.3 Å². The first kappa shape index (κ1) is 17.5. The molecule has 0 atom stereocenters. The summed E-state index contributed by atoms with van der Waals surface area (Å²) in [6, 6.07) is 4.42. The third-order valence-corrected chi connectivity index (χ3v) is 4.75. The molecule has 0 radical (unpaired) electrons. The molecular weight excluding hydrogens is 316 g/mol. The lowest BCUT2D eigenvalue weighted by Crippen LogP contribution is -2.44. The van der Waals surface area contributed by atoms with Gasteiger partial charge >= 0.3 is 0 Å². The van der Waals surface area contributed by atoms with Crippen LogP contribution in [0.4, 0.5) is 0 Å². The maximum absolute atomic E-state index is 5.39. The van der Waals surface area contributed by atoms with Gasteiger partial charge in [0.05, 0.1) is 6.26 Å². The van der Waals surface area contributed by atoms with E-state index in [0.717, 1.165) is 36.3 Å². The smallest absolute Gasteiger partial charge is 0.191 e. The summed E-state index contributed by atoms with van der Waals surface area (Å²) in [7, 11) is 1.97. The lowest BCUT2D eigenvalue weighted by atomic mass is 9.96. The molecule has 0 saturated heterocycles. The molecule has 7 heteroatoms. The molecule has 2 N–H and O–H groups in total. The maximum atomic E-state index is 5.39. The highest BCUT2D eigenvalue weighted by Crippen LogP contribution is 2.17. The van der Waals surface area contributed by atoms with Gasteiger partial charge in [0.15, 0.2) is 11.8 Å². The second-order valence-corrected chi connectivity index (χ2v) is 6.62. The zero-order valence-electron chi connectivity index (χ0n) is 15.2. The zero-order chi connectivity index (χ0) is 17.5. The molecule has 1 saturated carbocycles. The van der Waals surface area contributed by atoms with Gasteiger partial charge in [-0.1, -0.05) is 19.3 Å². The van der Waals surface area contributed by atoms with Gasteiger partial charge in [0, 0.05) is 26.1 Å². The van der Waals surface area contributed by atoms with E-state index in [4.69, 9.17) is 9.41 Å². The minimum absolute atomic E-state index is 0.504. The number of hydrogen-bond acceptors (Lipinski definition) is 4. The van der Waals surface area contributed by atoms with Gasteiger partial charge in [-0.05, 0) is 31.9 Å². The van der Waals surface area contributed by atoms with E-state index in [1.54, 1.807) is 6.26 Å². The third kappa shape index (κ3) is 5.08. The van der Waals surface area contributed by atoms with E-state index in [1.165, 1.54) is 32.1 Å². The van der Waals surface area contributed by atoms with E-state index in [1.807, 2.05) is 30.7 Å². The van der Waals surface area contributed by atoms with Crippen LogP contribution in [-0.2, 0) is 20.0 Å². The van der Waals surface area contributed by atoms with E-state index in [-0.39, 0.29) is 0 Å². The molecule has 0 aliphatic heterocycles. The van der Waals surface area contributed by atoms with Gasteiger partial charge in [-0.15, -0.1) is 10.2 Å². The van der Waals surface area contributed by atoms with Crippen molar-refractivity contribution >= 4 is 5.96 Å². The quantitative estimate of drug-likeness (QED) is 0.621. The largest absolute Gasteiger partial charge is 0.469 e. The first-order valence-corrected chi connectivity index (χ1v) is 9.14. The first-order chi connectivity index (χ1) is 12.2. The highest BCUT2D eigenvalue weighted by atomic mass is 16.3. The topological polar surface area (TPSA) is 80.3 Å². The predicted octanol–water partition coefficient (Wildman–Crippen LogP) is 2.33. The Kier molecular flexibility index (Phi) is 6.09. The van der Waals surface area contributed by atoms with Crippen molar-refractivity contribution < 1.29 is 4.42 Å². The van der Waals surface area contributed by atoms with Gasteiger partial charge in [-0.3, -0.25) is 0 Å². The Labute approximate surface area is 148 Å². The minimum Gasteiger partial charge on any atom is -0.469 e. The maximum Gasteiger partial charge on any atom is 0.191 e. The van der Waals surface area contributed by atoms with Gasteiger partial charge in [0.2, 0.25) is 0 Å². The van der Waals surface area contributed by atoms with Crippen molar-refractivity contribution in [3.63, 3.8) is 0 Å². The molecule has 2 aromatic heterocycles. The molecular formula is C18H28N6O. The highest BCUT2D eigenvalue weighted by molar-refractivity contribution is 5.80. The van der Waals surface area contributed by atoms with E-state index >= 15 is 0 Å². The number of nitrogens with one attached hydrogen (secondary N) is 2. The molecule has 0 aromatic carbocycles. The molecule has 25 heavy (non-hydrogen) atoms. The summed E-state index contributed by atoms with van der Waals surface area (Å²) in [4.78, 5) is 4.72. The zero-order valence-corrected chi connectivity index (χ0v) is 15.2. The Balaban J connectivity index is 1.59. The Bertz CT molecular complexity index is 670. The van der Waals surface area contributed by atoms with Crippen molar-refractivity contribution in [1.29, 1.82) is 0 Å². The number of furan rings is 1. The minimum atomic E-state index is 0.504. The van der Waals surface area contributed by atoms with E-state index in [0.29, 0.717) is 12.6 Å². The molecule has 1 aliphatic carbocycles. The van der Waals surface area contributed by atoms with Crippen LogP contribution in [0.3, 0.4) is 0 Å². The Morgan fingerprint density at radius 2 is 2.16 bits per heavy atom. The van der Waals surface area contributed by atoms with Gasteiger partial charge in [0.25, 0.3) is 0 Å². The van der Waals surface area contributed by atoms with E-state index in [2.05, 4.69) is 20.8 Å². The number of aromatic nitrogens is 3. The highest BCUT2D eigenvalue weighted by Gasteiger charge is 2.15. The number of aliphatic imine (C=N–C) groups is 1. The summed E-state index contributed by atoms with van der Waals surface area (Å²) in [5.41, 5.74) is 0. The molecule has 1 aliphatic rings. The number of nitrogens with zero attached hydrogens (tertiary/aromatic N) is 4. The van der Waals surface area contributed by atoms with Crippen molar-refractivity contribution in [2.24, 2.45) is 12.0 Å². The molecule has 0 unspecified atom stereocenters. The third-order valence-electron chi connectivity index (χ3n) is 4.75. The lowest BCUT2D eigenvalue weighted by molar-refractivity contribution is 0.409. The summed E-state index contributed by atoms with van der Waals surface area (Å²) in [5, 5.41) is 15.3. The summed E-state index contributed by atoms with van der Waals surface area (Å²) < 4.78 is 7.37. The second kappa shape index (κ2) is 8.69. The van der Waals surface area contributed by atoms with Gasteiger partial charge in [-0.2, -0.15) is 0 Å². The SMILES string of the molecule is Cc1nnc(CN=C(NCCc2ccco2)NC2CCCCC2)n1C. The second-order valence-electron chi connectivity index (χ2n) is 6.62. The average Bonchev–Trinajstić information content (AvgIpc) is 3.25. The van der Waals surface area contributed by atoms with E-state index < -0.39 is 0 Å². The summed E-state index contributed by atoms with van der Waals surface area (Å²) in [6.07, 6.45) is 8.89. The van der Waals surface area contributed by atoms with Crippen LogP contribution < -0.4 is 10.6 Å². The Morgan fingerprint density at radius 3 is 2.84 bits per heavy atom. The van der Waals surface area contributed by atoms with Gasteiger partial charge < -0.3 is 19.6 Å². The summed E-state index contributed by atoms with van der Waals surface area (Å²) in [6.45, 7) is 3.24. The van der Waals surface area contributed by atoms with Crippen molar-refractivity contribution in [1.82, 2.24) is 25.4 Å². The first-order valence-electron chi connectivity index (χ1n) is 9.14. The molecule has 3 rings (SSSR count). The van der Waals surface area contributed by atoms with Crippen LogP contribution in [0.2, 0.25) is 0 Å². The molecule has 136 valence electrons. The number of guanidine groups is 1. The van der Waals surface area contributed by atoms with Crippen molar-refractivity contribution in [2.45, 2.75) is 58.0 Å². The number of rotatable bonds is 6. The van der Waals surface area contributed by atoms with Crippen LogP contribution in [0.1, 0.15) is 49.5 Å².